The van der Waals surface area contributed by atoms with Crippen LogP contribution in [-0.4, -0.2) is 16.1 Å². The van der Waals surface area contributed by atoms with Crippen LogP contribution >= 0.6 is 11.6 Å². The maximum atomic E-state index is 14.0. The minimum absolute atomic E-state index is 0.0971. The van der Waals surface area contributed by atoms with E-state index >= 15 is 0 Å². The topological polar surface area (TPSA) is 59.4 Å². The molecule has 6 heteroatoms. The Balaban J connectivity index is 1.74. The highest BCUT2D eigenvalue weighted by Crippen LogP contribution is 2.43. The van der Waals surface area contributed by atoms with Crippen molar-refractivity contribution in [3.63, 3.8) is 0 Å². The van der Waals surface area contributed by atoms with E-state index in [0.717, 1.165) is 41.5 Å². The number of carboxylic acids is 1. The Hall–Kier alpha value is -3.18. The van der Waals surface area contributed by atoms with E-state index in [-0.39, 0.29) is 18.0 Å². The summed E-state index contributed by atoms with van der Waals surface area (Å²) in [5, 5.41) is 10.2. The molecule has 0 atom stereocenters. The predicted molar refractivity (Wildman–Crippen MR) is 123 cm³/mol. The van der Waals surface area contributed by atoms with E-state index in [1.807, 2.05) is 13.0 Å². The normalized spacial score (nSPS) is 13.5. The molecular formula is C26H23ClFNO3. The summed E-state index contributed by atoms with van der Waals surface area (Å²) in [5.74, 6) is -0.677. The molecule has 0 fully saturated rings. The first-order chi connectivity index (χ1) is 15.5. The van der Waals surface area contributed by atoms with E-state index in [0.29, 0.717) is 28.5 Å². The number of carboxylic acid groups (broad SMARTS) is 1. The van der Waals surface area contributed by atoms with Crippen LogP contribution in [0.4, 0.5) is 4.39 Å². The summed E-state index contributed by atoms with van der Waals surface area (Å²) in [5.41, 5.74) is 5.01. The van der Waals surface area contributed by atoms with Gasteiger partial charge in [0, 0.05) is 22.3 Å². The highest BCUT2D eigenvalue weighted by Gasteiger charge is 2.23. The van der Waals surface area contributed by atoms with Gasteiger partial charge in [0.05, 0.1) is 11.3 Å². The summed E-state index contributed by atoms with van der Waals surface area (Å²) in [6, 6.07) is 13.6. The van der Waals surface area contributed by atoms with Crippen molar-refractivity contribution in [2.24, 2.45) is 0 Å². The molecule has 0 amide bonds. The van der Waals surface area contributed by atoms with Crippen molar-refractivity contribution in [1.82, 2.24) is 4.98 Å². The Kier molecular flexibility index (Phi) is 6.56. The number of carbonyl (C=O) groups is 1. The first-order valence-corrected chi connectivity index (χ1v) is 11.0. The molecule has 2 aromatic carbocycles. The molecule has 0 saturated carbocycles. The second kappa shape index (κ2) is 9.53. The Morgan fingerprint density at radius 3 is 2.69 bits per heavy atom. The highest BCUT2D eigenvalue weighted by molar-refractivity contribution is 6.30. The number of pyridine rings is 1. The van der Waals surface area contributed by atoms with Crippen LogP contribution in [0.25, 0.3) is 11.1 Å². The molecule has 32 heavy (non-hydrogen) atoms. The van der Waals surface area contributed by atoms with Gasteiger partial charge in [-0.25, -0.2) is 9.18 Å². The largest absolute Gasteiger partial charge is 0.488 e. The fourth-order valence-corrected chi connectivity index (χ4v) is 4.29. The maximum absolute atomic E-state index is 14.0. The molecule has 4 nitrogen and oxygen atoms in total. The molecule has 1 aromatic heterocycles. The Bertz CT molecular complexity index is 1210. The Labute approximate surface area is 191 Å². The van der Waals surface area contributed by atoms with E-state index < -0.39 is 5.97 Å². The molecule has 0 saturated heterocycles. The lowest BCUT2D eigenvalue weighted by Gasteiger charge is -2.16. The van der Waals surface area contributed by atoms with E-state index in [2.05, 4.69) is 4.98 Å². The fraction of sp³-hybridized carbons (Fsp3) is 0.231. The van der Waals surface area contributed by atoms with Gasteiger partial charge in [-0.2, -0.15) is 0 Å². The smallest absolute Gasteiger partial charge is 0.337 e. The number of rotatable bonds is 7. The summed E-state index contributed by atoms with van der Waals surface area (Å²) < 4.78 is 20.1. The third-order valence-electron chi connectivity index (χ3n) is 5.71. The SMILES string of the molecule is CCc1ncc(C2=C(c3cc(Cl)ccc3OCc3ccccc3F)CCC2)cc1C(=O)O. The standard InChI is InChI=1S/C26H23ClFNO3/c1-2-24-22(26(30)31)12-17(14-29-24)19-7-5-8-20(19)21-13-18(27)10-11-25(21)32-15-16-6-3-4-9-23(16)28/h3-4,6,9-14H,2,5,7-8,15H2,1H3,(H,30,31). The van der Waals surface area contributed by atoms with E-state index in [4.69, 9.17) is 16.3 Å². The molecule has 0 unspecified atom stereocenters. The number of benzene rings is 2. The Morgan fingerprint density at radius 1 is 1.16 bits per heavy atom. The van der Waals surface area contributed by atoms with Crippen LogP contribution in [0, 0.1) is 5.82 Å². The monoisotopic (exact) mass is 451 g/mol. The summed E-state index contributed by atoms with van der Waals surface area (Å²) in [6.45, 7) is 1.99. The minimum Gasteiger partial charge on any atom is -0.488 e. The average molecular weight is 452 g/mol. The van der Waals surface area contributed by atoms with E-state index in [1.54, 1.807) is 42.6 Å². The van der Waals surface area contributed by atoms with Gasteiger partial charge in [-0.15, -0.1) is 0 Å². The van der Waals surface area contributed by atoms with Gasteiger partial charge < -0.3 is 9.84 Å². The maximum Gasteiger partial charge on any atom is 0.337 e. The zero-order chi connectivity index (χ0) is 22.7. The summed E-state index contributed by atoms with van der Waals surface area (Å²) >= 11 is 6.31. The van der Waals surface area contributed by atoms with Gasteiger partial charge in [0.25, 0.3) is 0 Å². The molecule has 0 aliphatic heterocycles. The number of hydrogen-bond donors (Lipinski definition) is 1. The number of hydrogen-bond acceptors (Lipinski definition) is 3. The van der Waals surface area contributed by atoms with Gasteiger partial charge in [0.1, 0.15) is 18.2 Å². The van der Waals surface area contributed by atoms with Crippen LogP contribution in [-0.2, 0) is 13.0 Å². The van der Waals surface area contributed by atoms with Crippen molar-refractivity contribution in [2.75, 3.05) is 0 Å². The van der Waals surface area contributed by atoms with Crippen LogP contribution in [0.3, 0.4) is 0 Å². The van der Waals surface area contributed by atoms with Gasteiger partial charge in [-0.1, -0.05) is 36.7 Å². The first-order valence-electron chi connectivity index (χ1n) is 10.6. The number of aromatic nitrogens is 1. The van der Waals surface area contributed by atoms with Gasteiger partial charge in [0.2, 0.25) is 0 Å². The van der Waals surface area contributed by atoms with E-state index in [9.17, 15) is 14.3 Å². The molecule has 164 valence electrons. The van der Waals surface area contributed by atoms with Crippen LogP contribution in [0.5, 0.6) is 5.75 Å². The quantitative estimate of drug-likeness (QED) is 0.428. The lowest BCUT2D eigenvalue weighted by molar-refractivity contribution is 0.0695. The van der Waals surface area contributed by atoms with Crippen molar-refractivity contribution >= 4 is 28.7 Å². The zero-order valence-corrected chi connectivity index (χ0v) is 18.5. The molecule has 1 aliphatic carbocycles. The third-order valence-corrected chi connectivity index (χ3v) is 5.94. The number of halogens is 2. The van der Waals surface area contributed by atoms with Crippen LogP contribution in [0.1, 0.15) is 58.9 Å². The molecule has 0 bridgehead atoms. The van der Waals surface area contributed by atoms with Crippen molar-refractivity contribution < 1.29 is 19.0 Å². The van der Waals surface area contributed by atoms with Gasteiger partial charge in [0.15, 0.2) is 0 Å². The van der Waals surface area contributed by atoms with Crippen molar-refractivity contribution in [2.45, 2.75) is 39.2 Å². The van der Waals surface area contributed by atoms with E-state index in [1.165, 1.54) is 6.07 Å². The number of nitrogens with zero attached hydrogens (tertiary/aromatic N) is 1. The van der Waals surface area contributed by atoms with Crippen molar-refractivity contribution in [1.29, 1.82) is 0 Å². The molecule has 0 radical (unpaired) electrons. The molecule has 1 aliphatic rings. The van der Waals surface area contributed by atoms with Crippen molar-refractivity contribution in [3.8, 4) is 5.75 Å². The van der Waals surface area contributed by atoms with Crippen LogP contribution in [0.15, 0.2) is 54.7 Å². The lowest BCUT2D eigenvalue weighted by atomic mass is 9.96. The average Bonchev–Trinajstić information content (AvgIpc) is 3.28. The predicted octanol–water partition coefficient (Wildman–Crippen LogP) is 6.81. The van der Waals surface area contributed by atoms with Gasteiger partial charge in [-0.05, 0) is 72.7 Å². The molecule has 4 rings (SSSR count). The molecule has 3 aromatic rings. The minimum atomic E-state index is -0.979. The second-order valence-electron chi connectivity index (χ2n) is 7.71. The lowest BCUT2D eigenvalue weighted by Crippen LogP contribution is -2.05. The number of aryl methyl sites for hydroxylation is 1. The van der Waals surface area contributed by atoms with Crippen LogP contribution in [0.2, 0.25) is 5.02 Å². The number of ether oxygens (including phenoxy) is 1. The molecule has 1 N–H and O–H groups in total. The zero-order valence-electron chi connectivity index (χ0n) is 17.7. The second-order valence-corrected chi connectivity index (χ2v) is 8.14. The summed E-state index contributed by atoms with van der Waals surface area (Å²) in [6.07, 6.45) is 4.85. The molecule has 1 heterocycles. The summed E-state index contributed by atoms with van der Waals surface area (Å²) in [4.78, 5) is 16.1. The van der Waals surface area contributed by atoms with Crippen molar-refractivity contribution in [3.05, 3.63) is 93.5 Å². The molecule has 0 spiro atoms. The third kappa shape index (κ3) is 4.53. The Morgan fingerprint density at radius 2 is 1.94 bits per heavy atom. The van der Waals surface area contributed by atoms with Crippen LogP contribution < -0.4 is 4.74 Å². The highest BCUT2D eigenvalue weighted by atomic mass is 35.5. The van der Waals surface area contributed by atoms with Gasteiger partial charge in [-0.3, -0.25) is 4.98 Å². The van der Waals surface area contributed by atoms with Gasteiger partial charge >= 0.3 is 5.97 Å². The summed E-state index contributed by atoms with van der Waals surface area (Å²) in [7, 11) is 0. The number of aromatic carboxylic acids is 1. The number of allylic oxidation sites excluding steroid dienone is 2. The molecular weight excluding hydrogens is 429 g/mol. The first kappa shape index (κ1) is 22.0. The fourth-order valence-electron chi connectivity index (χ4n) is 4.12.